The van der Waals surface area contributed by atoms with Crippen molar-refractivity contribution in [2.45, 2.75) is 26.9 Å². The zero-order valence-corrected chi connectivity index (χ0v) is 17.6. The van der Waals surface area contributed by atoms with Gasteiger partial charge in [0.25, 0.3) is 0 Å². The van der Waals surface area contributed by atoms with Crippen LogP contribution in [0.25, 0.3) is 16.6 Å². The van der Waals surface area contributed by atoms with Gasteiger partial charge in [-0.3, -0.25) is 9.98 Å². The first-order valence-electron chi connectivity index (χ1n) is 10.0. The number of hydrogen-bond donors (Lipinski definition) is 2. The molecule has 6 heteroatoms. The Balaban J connectivity index is 1.46. The number of rotatable bonds is 5. The molecule has 0 aliphatic heterocycles. The zero-order chi connectivity index (χ0) is 20.9. The predicted octanol–water partition coefficient (Wildman–Crippen LogP) is 3.90. The second-order valence-corrected chi connectivity index (χ2v) is 7.24. The van der Waals surface area contributed by atoms with Crippen LogP contribution in [0, 0.1) is 13.8 Å². The number of pyridine rings is 1. The molecule has 2 N–H and O–H groups in total. The summed E-state index contributed by atoms with van der Waals surface area (Å²) in [5.74, 6) is 0.742. The van der Waals surface area contributed by atoms with Gasteiger partial charge in [0.15, 0.2) is 5.96 Å². The largest absolute Gasteiger partial charge is 0.352 e. The van der Waals surface area contributed by atoms with Gasteiger partial charge in [-0.2, -0.15) is 5.10 Å². The van der Waals surface area contributed by atoms with Gasteiger partial charge < -0.3 is 10.6 Å². The molecule has 2 heterocycles. The van der Waals surface area contributed by atoms with Crippen LogP contribution in [-0.4, -0.2) is 27.8 Å². The molecule has 30 heavy (non-hydrogen) atoms. The molecule has 0 saturated heterocycles. The molecule has 0 saturated carbocycles. The summed E-state index contributed by atoms with van der Waals surface area (Å²) < 4.78 is 1.99. The molecule has 0 aliphatic rings. The molecule has 0 unspecified atom stereocenters. The Morgan fingerprint density at radius 1 is 0.933 bits per heavy atom. The van der Waals surface area contributed by atoms with Crippen molar-refractivity contribution in [2.24, 2.45) is 4.99 Å². The van der Waals surface area contributed by atoms with Crippen molar-refractivity contribution in [2.75, 3.05) is 7.05 Å². The molecule has 0 spiro atoms. The van der Waals surface area contributed by atoms with E-state index in [0.717, 1.165) is 45.1 Å². The lowest BCUT2D eigenvalue weighted by Crippen LogP contribution is -2.36. The Labute approximate surface area is 176 Å². The van der Waals surface area contributed by atoms with Crippen molar-refractivity contribution < 1.29 is 0 Å². The van der Waals surface area contributed by atoms with Gasteiger partial charge in [-0.25, -0.2) is 4.68 Å². The quantitative estimate of drug-likeness (QED) is 0.395. The number of aliphatic imine (C=N–C) groups is 1. The Bertz CT molecular complexity index is 1190. The van der Waals surface area contributed by atoms with E-state index < -0.39 is 0 Å². The molecule has 0 bridgehead atoms. The first-order valence-corrected chi connectivity index (χ1v) is 10.0. The fourth-order valence-corrected chi connectivity index (χ4v) is 3.63. The van der Waals surface area contributed by atoms with E-state index >= 15 is 0 Å². The van der Waals surface area contributed by atoms with E-state index in [0.29, 0.717) is 13.1 Å². The molecule has 0 radical (unpaired) electrons. The van der Waals surface area contributed by atoms with Crippen LogP contribution in [0.2, 0.25) is 0 Å². The van der Waals surface area contributed by atoms with Crippen LogP contribution in [-0.2, 0) is 13.1 Å². The van der Waals surface area contributed by atoms with Crippen LogP contribution < -0.4 is 10.6 Å². The highest BCUT2D eigenvalue weighted by Crippen LogP contribution is 2.17. The molecule has 0 aliphatic carbocycles. The summed E-state index contributed by atoms with van der Waals surface area (Å²) in [4.78, 5) is 8.90. The SMILES string of the molecule is CN=C(NCc1ccccc1-n1nc(C)cc1C)NCc1cccc2cccnc12. The molecular weight excluding hydrogens is 372 g/mol. The van der Waals surface area contributed by atoms with Crippen molar-refractivity contribution >= 4 is 16.9 Å². The molecule has 0 amide bonds. The number of nitrogens with one attached hydrogen (secondary N) is 2. The van der Waals surface area contributed by atoms with Crippen LogP contribution in [0.1, 0.15) is 22.5 Å². The van der Waals surface area contributed by atoms with Crippen LogP contribution in [0.4, 0.5) is 0 Å². The Kier molecular flexibility index (Phi) is 5.75. The van der Waals surface area contributed by atoms with Gasteiger partial charge in [-0.05, 0) is 43.2 Å². The number of nitrogens with zero attached hydrogens (tertiary/aromatic N) is 4. The molecular formula is C24H26N6. The van der Waals surface area contributed by atoms with E-state index in [1.165, 1.54) is 0 Å². The highest BCUT2D eigenvalue weighted by Gasteiger charge is 2.09. The standard InChI is InChI=1S/C24H26N6/c1-17-14-18(2)30(29-17)22-12-5-4-8-20(22)15-27-24(25-3)28-16-21-10-6-9-19-11-7-13-26-23(19)21/h4-14H,15-16H2,1-3H3,(H2,25,27,28). The van der Waals surface area contributed by atoms with Crippen LogP contribution >= 0.6 is 0 Å². The first-order chi connectivity index (χ1) is 14.7. The molecule has 2 aromatic heterocycles. The molecule has 4 rings (SSSR count). The van der Waals surface area contributed by atoms with E-state index in [2.05, 4.69) is 75.1 Å². The highest BCUT2D eigenvalue weighted by molar-refractivity contribution is 5.83. The van der Waals surface area contributed by atoms with Gasteiger partial charge in [0.2, 0.25) is 0 Å². The maximum absolute atomic E-state index is 4.63. The van der Waals surface area contributed by atoms with E-state index in [4.69, 9.17) is 0 Å². The van der Waals surface area contributed by atoms with Crippen molar-refractivity contribution in [3.8, 4) is 5.69 Å². The number of benzene rings is 2. The van der Waals surface area contributed by atoms with Crippen LogP contribution in [0.5, 0.6) is 0 Å². The molecule has 2 aromatic carbocycles. The summed E-state index contributed by atoms with van der Waals surface area (Å²) >= 11 is 0. The van der Waals surface area contributed by atoms with E-state index in [-0.39, 0.29) is 0 Å². The lowest BCUT2D eigenvalue weighted by Gasteiger charge is -2.15. The highest BCUT2D eigenvalue weighted by atomic mass is 15.3. The average Bonchev–Trinajstić information content (AvgIpc) is 3.11. The third-order valence-corrected chi connectivity index (χ3v) is 5.06. The minimum Gasteiger partial charge on any atom is -0.352 e. The van der Waals surface area contributed by atoms with Crippen molar-refractivity contribution in [3.05, 3.63) is 89.4 Å². The van der Waals surface area contributed by atoms with Crippen molar-refractivity contribution in [3.63, 3.8) is 0 Å². The number of fused-ring (bicyclic) bond motifs is 1. The van der Waals surface area contributed by atoms with Gasteiger partial charge in [0.1, 0.15) is 0 Å². The second-order valence-electron chi connectivity index (χ2n) is 7.24. The van der Waals surface area contributed by atoms with Gasteiger partial charge in [0, 0.05) is 37.4 Å². The number of hydrogen-bond acceptors (Lipinski definition) is 3. The monoisotopic (exact) mass is 398 g/mol. The summed E-state index contributed by atoms with van der Waals surface area (Å²) in [5, 5.41) is 12.6. The van der Waals surface area contributed by atoms with Gasteiger partial charge >= 0.3 is 0 Å². The van der Waals surface area contributed by atoms with Gasteiger partial charge in [-0.1, -0.05) is 42.5 Å². The first kappa shape index (κ1) is 19.6. The number of para-hydroxylation sites is 2. The van der Waals surface area contributed by atoms with Gasteiger partial charge in [-0.15, -0.1) is 0 Å². The van der Waals surface area contributed by atoms with E-state index in [1.807, 2.05) is 36.0 Å². The fraction of sp³-hybridized carbons (Fsp3) is 0.208. The number of aryl methyl sites for hydroxylation is 2. The maximum Gasteiger partial charge on any atom is 0.191 e. The Morgan fingerprint density at radius 2 is 1.67 bits per heavy atom. The van der Waals surface area contributed by atoms with Crippen LogP contribution in [0.3, 0.4) is 0 Å². The summed E-state index contributed by atoms with van der Waals surface area (Å²) in [5.41, 5.74) is 6.50. The molecule has 0 fully saturated rings. The maximum atomic E-state index is 4.63. The number of aromatic nitrogens is 3. The smallest absolute Gasteiger partial charge is 0.191 e. The third-order valence-electron chi connectivity index (χ3n) is 5.06. The van der Waals surface area contributed by atoms with Crippen molar-refractivity contribution in [1.82, 2.24) is 25.4 Å². The summed E-state index contributed by atoms with van der Waals surface area (Å²) in [6, 6.07) is 20.6. The minimum absolute atomic E-state index is 0.641. The molecule has 6 nitrogen and oxygen atoms in total. The number of guanidine groups is 1. The Morgan fingerprint density at radius 3 is 2.43 bits per heavy atom. The Hall–Kier alpha value is -3.67. The topological polar surface area (TPSA) is 67.1 Å². The summed E-state index contributed by atoms with van der Waals surface area (Å²) in [6.07, 6.45) is 1.83. The molecule has 152 valence electrons. The second kappa shape index (κ2) is 8.78. The minimum atomic E-state index is 0.641. The lowest BCUT2D eigenvalue weighted by molar-refractivity contribution is 0.782. The summed E-state index contributed by atoms with van der Waals surface area (Å²) in [6.45, 7) is 5.37. The van der Waals surface area contributed by atoms with E-state index in [9.17, 15) is 0 Å². The molecule has 0 atom stereocenters. The molecule has 4 aromatic rings. The lowest BCUT2D eigenvalue weighted by atomic mass is 10.1. The normalized spacial score (nSPS) is 11.6. The average molecular weight is 399 g/mol. The van der Waals surface area contributed by atoms with Crippen LogP contribution in [0.15, 0.2) is 71.9 Å². The fourth-order valence-electron chi connectivity index (χ4n) is 3.63. The summed E-state index contributed by atoms with van der Waals surface area (Å²) in [7, 11) is 1.78. The third kappa shape index (κ3) is 4.17. The van der Waals surface area contributed by atoms with E-state index in [1.54, 1.807) is 7.05 Å². The van der Waals surface area contributed by atoms with Crippen molar-refractivity contribution in [1.29, 1.82) is 0 Å². The van der Waals surface area contributed by atoms with Gasteiger partial charge in [0.05, 0.1) is 16.9 Å². The zero-order valence-electron chi connectivity index (χ0n) is 17.6. The predicted molar refractivity (Wildman–Crippen MR) is 122 cm³/mol.